The third-order valence-corrected chi connectivity index (χ3v) is 3.71. The number of amides is 1. The molecule has 1 aromatic carbocycles. The van der Waals surface area contributed by atoms with E-state index in [2.05, 4.69) is 30.1 Å². The van der Waals surface area contributed by atoms with E-state index in [1.165, 1.54) is 6.42 Å². The van der Waals surface area contributed by atoms with E-state index in [4.69, 9.17) is 5.26 Å². The lowest BCUT2D eigenvalue weighted by atomic mass is 9.93. The average molecular weight is 271 g/mol. The molecule has 1 saturated heterocycles. The monoisotopic (exact) mass is 271 g/mol. The van der Waals surface area contributed by atoms with Crippen LogP contribution in [0.25, 0.3) is 0 Å². The predicted octanol–water partition coefficient (Wildman–Crippen LogP) is 2.62. The summed E-state index contributed by atoms with van der Waals surface area (Å²) >= 11 is 0. The first-order valence-corrected chi connectivity index (χ1v) is 7.01. The minimum atomic E-state index is 0.0272. The summed E-state index contributed by atoms with van der Waals surface area (Å²) in [6.45, 7) is 7.49. The molecule has 1 fully saturated rings. The van der Waals surface area contributed by atoms with Gasteiger partial charge in [0.2, 0.25) is 5.91 Å². The van der Waals surface area contributed by atoms with Crippen molar-refractivity contribution >= 4 is 11.6 Å². The SMILES string of the molecule is CC1(C)CCN(CCC(=O)Nc2ccc(C#N)cc2)C1. The van der Waals surface area contributed by atoms with Crippen LogP contribution in [-0.4, -0.2) is 30.4 Å². The predicted molar refractivity (Wildman–Crippen MR) is 79.2 cm³/mol. The minimum absolute atomic E-state index is 0.0272. The molecule has 1 heterocycles. The van der Waals surface area contributed by atoms with Gasteiger partial charge in [-0.25, -0.2) is 0 Å². The highest BCUT2D eigenvalue weighted by Crippen LogP contribution is 2.28. The molecule has 106 valence electrons. The number of likely N-dealkylation sites (tertiary alicyclic amines) is 1. The molecule has 20 heavy (non-hydrogen) atoms. The molecular weight excluding hydrogens is 250 g/mol. The zero-order valence-electron chi connectivity index (χ0n) is 12.1. The summed E-state index contributed by atoms with van der Waals surface area (Å²) in [5, 5.41) is 11.6. The summed E-state index contributed by atoms with van der Waals surface area (Å²) in [7, 11) is 0. The number of anilines is 1. The maximum Gasteiger partial charge on any atom is 0.225 e. The second kappa shape index (κ2) is 6.06. The number of carbonyl (C=O) groups excluding carboxylic acids is 1. The van der Waals surface area contributed by atoms with Crippen LogP contribution in [-0.2, 0) is 4.79 Å². The van der Waals surface area contributed by atoms with Crippen LogP contribution < -0.4 is 5.32 Å². The van der Waals surface area contributed by atoms with Crippen LogP contribution in [0.1, 0.15) is 32.3 Å². The Labute approximate surface area is 120 Å². The fraction of sp³-hybridized carbons (Fsp3) is 0.500. The number of benzene rings is 1. The van der Waals surface area contributed by atoms with Crippen LogP contribution in [0, 0.1) is 16.7 Å². The zero-order valence-corrected chi connectivity index (χ0v) is 12.1. The third-order valence-electron chi connectivity index (χ3n) is 3.71. The number of nitriles is 1. The van der Waals surface area contributed by atoms with E-state index in [-0.39, 0.29) is 5.91 Å². The van der Waals surface area contributed by atoms with Gasteiger partial charge in [0.1, 0.15) is 0 Å². The summed E-state index contributed by atoms with van der Waals surface area (Å²) in [4.78, 5) is 14.2. The molecule has 0 spiro atoms. The van der Waals surface area contributed by atoms with E-state index in [1.807, 2.05) is 0 Å². The third kappa shape index (κ3) is 4.07. The molecule has 0 saturated carbocycles. The van der Waals surface area contributed by atoms with Gasteiger partial charge in [0, 0.05) is 25.2 Å². The van der Waals surface area contributed by atoms with Gasteiger partial charge < -0.3 is 10.2 Å². The summed E-state index contributed by atoms with van der Waals surface area (Å²) in [6.07, 6.45) is 1.71. The molecule has 1 aromatic rings. The molecule has 1 aliphatic heterocycles. The van der Waals surface area contributed by atoms with E-state index in [1.54, 1.807) is 24.3 Å². The number of nitrogens with zero attached hydrogens (tertiary/aromatic N) is 2. The van der Waals surface area contributed by atoms with Crippen LogP contribution in [0.5, 0.6) is 0 Å². The number of carbonyl (C=O) groups is 1. The van der Waals surface area contributed by atoms with Crippen molar-refractivity contribution in [1.29, 1.82) is 5.26 Å². The van der Waals surface area contributed by atoms with E-state index in [9.17, 15) is 4.79 Å². The lowest BCUT2D eigenvalue weighted by molar-refractivity contribution is -0.116. The first-order valence-electron chi connectivity index (χ1n) is 7.01. The highest BCUT2D eigenvalue weighted by atomic mass is 16.1. The van der Waals surface area contributed by atoms with Gasteiger partial charge in [-0.1, -0.05) is 13.8 Å². The van der Waals surface area contributed by atoms with Crippen molar-refractivity contribution in [1.82, 2.24) is 4.90 Å². The van der Waals surface area contributed by atoms with Gasteiger partial charge >= 0.3 is 0 Å². The van der Waals surface area contributed by atoms with Crippen molar-refractivity contribution in [2.45, 2.75) is 26.7 Å². The number of rotatable bonds is 4. The summed E-state index contributed by atoms with van der Waals surface area (Å²) in [6, 6.07) is 8.99. The van der Waals surface area contributed by atoms with Crippen molar-refractivity contribution in [3.8, 4) is 6.07 Å². The molecule has 1 amide bonds. The number of hydrogen-bond donors (Lipinski definition) is 1. The molecule has 0 bridgehead atoms. The van der Waals surface area contributed by atoms with Crippen LogP contribution in [0.15, 0.2) is 24.3 Å². The van der Waals surface area contributed by atoms with Crippen LogP contribution in [0.4, 0.5) is 5.69 Å². The molecule has 2 rings (SSSR count). The van der Waals surface area contributed by atoms with Crippen molar-refractivity contribution in [3.05, 3.63) is 29.8 Å². The largest absolute Gasteiger partial charge is 0.326 e. The van der Waals surface area contributed by atoms with Gasteiger partial charge in [-0.3, -0.25) is 4.79 Å². The second-order valence-corrected chi connectivity index (χ2v) is 6.18. The molecule has 0 aromatic heterocycles. The lowest BCUT2D eigenvalue weighted by Crippen LogP contribution is -2.27. The fourth-order valence-electron chi connectivity index (χ4n) is 2.53. The normalized spacial score (nSPS) is 17.6. The van der Waals surface area contributed by atoms with E-state index in [0.29, 0.717) is 17.4 Å². The maximum absolute atomic E-state index is 11.9. The lowest BCUT2D eigenvalue weighted by Gasteiger charge is -2.19. The Morgan fingerprint density at radius 2 is 2.10 bits per heavy atom. The minimum Gasteiger partial charge on any atom is -0.326 e. The van der Waals surface area contributed by atoms with Gasteiger partial charge in [-0.15, -0.1) is 0 Å². The Hall–Kier alpha value is -1.86. The highest BCUT2D eigenvalue weighted by molar-refractivity contribution is 5.90. The van der Waals surface area contributed by atoms with Crippen molar-refractivity contribution in [2.75, 3.05) is 25.0 Å². The number of hydrogen-bond acceptors (Lipinski definition) is 3. The Morgan fingerprint density at radius 3 is 2.65 bits per heavy atom. The summed E-state index contributed by atoms with van der Waals surface area (Å²) in [5.41, 5.74) is 1.72. The summed E-state index contributed by atoms with van der Waals surface area (Å²) < 4.78 is 0. The standard InChI is InChI=1S/C16H21N3O/c1-16(2)8-10-19(12-16)9-7-15(20)18-14-5-3-13(11-17)4-6-14/h3-6H,7-10,12H2,1-2H3,(H,18,20). The quantitative estimate of drug-likeness (QED) is 0.915. The summed E-state index contributed by atoms with van der Waals surface area (Å²) in [5.74, 6) is 0.0272. The molecule has 1 aliphatic rings. The molecule has 1 N–H and O–H groups in total. The first-order chi connectivity index (χ1) is 9.48. The highest BCUT2D eigenvalue weighted by Gasteiger charge is 2.28. The molecule has 4 nitrogen and oxygen atoms in total. The van der Waals surface area contributed by atoms with Crippen molar-refractivity contribution in [3.63, 3.8) is 0 Å². The molecular formula is C16H21N3O. The van der Waals surface area contributed by atoms with Crippen molar-refractivity contribution in [2.24, 2.45) is 5.41 Å². The van der Waals surface area contributed by atoms with Gasteiger partial charge in [0.15, 0.2) is 0 Å². The van der Waals surface area contributed by atoms with Crippen LogP contribution in [0.2, 0.25) is 0 Å². The Kier molecular flexibility index (Phi) is 4.41. The Morgan fingerprint density at radius 1 is 1.40 bits per heavy atom. The zero-order chi connectivity index (χ0) is 14.6. The first kappa shape index (κ1) is 14.5. The molecule has 0 radical (unpaired) electrons. The number of nitrogens with one attached hydrogen (secondary N) is 1. The Balaban J connectivity index is 1.77. The van der Waals surface area contributed by atoms with Gasteiger partial charge in [0.25, 0.3) is 0 Å². The fourth-order valence-corrected chi connectivity index (χ4v) is 2.53. The Bertz CT molecular complexity index is 514. The molecule has 0 aliphatic carbocycles. The van der Waals surface area contributed by atoms with Crippen molar-refractivity contribution < 1.29 is 4.79 Å². The van der Waals surface area contributed by atoms with Crippen LogP contribution in [0.3, 0.4) is 0 Å². The van der Waals surface area contributed by atoms with E-state index >= 15 is 0 Å². The maximum atomic E-state index is 11.9. The van der Waals surface area contributed by atoms with Gasteiger partial charge in [-0.2, -0.15) is 5.26 Å². The van der Waals surface area contributed by atoms with E-state index in [0.717, 1.165) is 25.3 Å². The average Bonchev–Trinajstić information content (AvgIpc) is 2.77. The topological polar surface area (TPSA) is 56.1 Å². The van der Waals surface area contributed by atoms with E-state index < -0.39 is 0 Å². The molecule has 0 atom stereocenters. The van der Waals surface area contributed by atoms with Gasteiger partial charge in [-0.05, 0) is 42.6 Å². The van der Waals surface area contributed by atoms with Crippen LogP contribution >= 0.6 is 0 Å². The molecule has 4 heteroatoms. The van der Waals surface area contributed by atoms with Gasteiger partial charge in [0.05, 0.1) is 11.6 Å². The molecule has 0 unspecified atom stereocenters. The smallest absolute Gasteiger partial charge is 0.225 e. The second-order valence-electron chi connectivity index (χ2n) is 6.18.